The molecule has 0 aliphatic heterocycles. The van der Waals surface area contributed by atoms with E-state index in [2.05, 4.69) is 5.32 Å². The summed E-state index contributed by atoms with van der Waals surface area (Å²) in [7, 11) is 0. The highest BCUT2D eigenvalue weighted by atomic mass is 19.4. The van der Waals surface area contributed by atoms with Crippen LogP contribution in [0.25, 0.3) is 0 Å². The number of halogens is 4. The Hall–Kier alpha value is -1.14. The van der Waals surface area contributed by atoms with Crippen molar-refractivity contribution in [2.75, 3.05) is 19.8 Å². The zero-order valence-corrected chi connectivity index (χ0v) is 12.3. The van der Waals surface area contributed by atoms with Crippen molar-refractivity contribution >= 4 is 0 Å². The van der Waals surface area contributed by atoms with Gasteiger partial charge in [0, 0.05) is 19.3 Å². The lowest BCUT2D eigenvalue weighted by molar-refractivity contribution is -0.140. The van der Waals surface area contributed by atoms with Crippen LogP contribution < -0.4 is 5.32 Å². The van der Waals surface area contributed by atoms with Gasteiger partial charge in [-0.15, -0.1) is 0 Å². The molecule has 0 aromatic heterocycles. The normalized spacial score (nSPS) is 13.4. The number of benzene rings is 1. The molecule has 1 atom stereocenters. The van der Waals surface area contributed by atoms with E-state index in [9.17, 15) is 17.6 Å². The van der Waals surface area contributed by atoms with Crippen molar-refractivity contribution in [1.82, 2.24) is 5.32 Å². The van der Waals surface area contributed by atoms with E-state index in [1.54, 1.807) is 0 Å². The maximum absolute atomic E-state index is 13.3. The van der Waals surface area contributed by atoms with E-state index >= 15 is 0 Å². The number of hydrogen-bond acceptors (Lipinski definition) is 2. The second-order valence-corrected chi connectivity index (χ2v) is 4.75. The summed E-state index contributed by atoms with van der Waals surface area (Å²) in [6.45, 7) is 5.53. The maximum Gasteiger partial charge on any atom is 0.419 e. The number of nitrogens with one attached hydrogen (secondary N) is 1. The Kier molecular flexibility index (Phi) is 7.11. The van der Waals surface area contributed by atoms with Gasteiger partial charge in [-0.05, 0) is 37.1 Å². The van der Waals surface area contributed by atoms with E-state index in [-0.39, 0.29) is 6.04 Å². The molecule has 120 valence electrons. The maximum atomic E-state index is 13.3. The summed E-state index contributed by atoms with van der Waals surface area (Å²) in [4.78, 5) is 0. The first kappa shape index (κ1) is 17.9. The van der Waals surface area contributed by atoms with Crippen LogP contribution >= 0.6 is 0 Å². The van der Waals surface area contributed by atoms with Gasteiger partial charge in [-0.1, -0.05) is 19.9 Å². The van der Waals surface area contributed by atoms with Gasteiger partial charge in [-0.3, -0.25) is 0 Å². The fourth-order valence-electron chi connectivity index (χ4n) is 2.06. The molecule has 0 saturated heterocycles. The third-order valence-corrected chi connectivity index (χ3v) is 3.05. The zero-order chi connectivity index (χ0) is 15.9. The quantitative estimate of drug-likeness (QED) is 0.571. The van der Waals surface area contributed by atoms with Crippen LogP contribution in [-0.4, -0.2) is 19.8 Å². The molecule has 1 rings (SSSR count). The smallest absolute Gasteiger partial charge is 0.381 e. The minimum Gasteiger partial charge on any atom is -0.381 e. The molecule has 1 N–H and O–H groups in total. The van der Waals surface area contributed by atoms with Gasteiger partial charge >= 0.3 is 6.18 Å². The number of hydrogen-bond donors (Lipinski definition) is 1. The van der Waals surface area contributed by atoms with Crippen LogP contribution in [0.15, 0.2) is 18.2 Å². The SMILES string of the molecule is CCCOCCC(NCC)c1ccc(F)c(C(F)(F)F)c1. The molecule has 2 nitrogen and oxygen atoms in total. The Morgan fingerprint density at radius 1 is 1.19 bits per heavy atom. The highest BCUT2D eigenvalue weighted by Gasteiger charge is 2.34. The Bertz CT molecular complexity index is 434. The third-order valence-electron chi connectivity index (χ3n) is 3.05. The van der Waals surface area contributed by atoms with Crippen LogP contribution in [0.2, 0.25) is 0 Å². The number of rotatable bonds is 8. The van der Waals surface area contributed by atoms with Crippen molar-refractivity contribution in [1.29, 1.82) is 0 Å². The van der Waals surface area contributed by atoms with E-state index in [1.165, 1.54) is 6.07 Å². The molecule has 0 radical (unpaired) electrons. The van der Waals surface area contributed by atoms with Gasteiger partial charge in [-0.25, -0.2) is 4.39 Å². The molecule has 0 aliphatic carbocycles. The molecule has 1 aromatic rings. The Balaban J connectivity index is 2.87. The summed E-state index contributed by atoms with van der Waals surface area (Å²) < 4.78 is 56.9. The molecule has 1 unspecified atom stereocenters. The lowest BCUT2D eigenvalue weighted by Gasteiger charge is -2.20. The van der Waals surface area contributed by atoms with E-state index in [0.717, 1.165) is 18.6 Å². The average Bonchev–Trinajstić information content (AvgIpc) is 2.42. The first-order valence-corrected chi connectivity index (χ1v) is 7.07. The van der Waals surface area contributed by atoms with Crippen LogP contribution in [0, 0.1) is 5.82 Å². The second kappa shape index (κ2) is 8.34. The standard InChI is InChI=1S/C15H21F4NO/c1-3-8-21-9-7-14(20-4-2)11-5-6-13(16)12(10-11)15(17,18)19/h5-6,10,14,20H,3-4,7-9H2,1-2H3. The minimum absolute atomic E-state index is 0.284. The third kappa shape index (κ3) is 5.63. The first-order chi connectivity index (χ1) is 9.90. The van der Waals surface area contributed by atoms with Gasteiger partial charge in [0.1, 0.15) is 5.82 Å². The molecule has 0 amide bonds. The van der Waals surface area contributed by atoms with Crippen molar-refractivity contribution in [3.63, 3.8) is 0 Å². The fourth-order valence-corrected chi connectivity index (χ4v) is 2.06. The Morgan fingerprint density at radius 2 is 1.90 bits per heavy atom. The summed E-state index contributed by atoms with van der Waals surface area (Å²) in [6, 6.07) is 2.85. The van der Waals surface area contributed by atoms with Crippen LogP contribution in [0.3, 0.4) is 0 Å². The Labute approximate surface area is 122 Å². The van der Waals surface area contributed by atoms with Crippen LogP contribution in [0.4, 0.5) is 17.6 Å². The summed E-state index contributed by atoms with van der Waals surface area (Å²) >= 11 is 0. The van der Waals surface area contributed by atoms with E-state index in [1.807, 2.05) is 13.8 Å². The van der Waals surface area contributed by atoms with Crippen molar-refractivity contribution in [3.8, 4) is 0 Å². The number of alkyl halides is 3. The molecule has 0 bridgehead atoms. The van der Waals surface area contributed by atoms with Gasteiger partial charge in [0.05, 0.1) is 5.56 Å². The topological polar surface area (TPSA) is 21.3 Å². The van der Waals surface area contributed by atoms with Gasteiger partial charge in [0.25, 0.3) is 0 Å². The second-order valence-electron chi connectivity index (χ2n) is 4.75. The predicted octanol–water partition coefficient (Wildman–Crippen LogP) is 4.31. The van der Waals surface area contributed by atoms with Crippen molar-refractivity contribution in [3.05, 3.63) is 35.1 Å². The molecule has 6 heteroatoms. The first-order valence-electron chi connectivity index (χ1n) is 7.07. The van der Waals surface area contributed by atoms with E-state index in [4.69, 9.17) is 4.74 Å². The van der Waals surface area contributed by atoms with E-state index < -0.39 is 17.6 Å². The molecular formula is C15H21F4NO. The van der Waals surface area contributed by atoms with Gasteiger partial charge in [0.15, 0.2) is 0 Å². The molecule has 21 heavy (non-hydrogen) atoms. The lowest BCUT2D eigenvalue weighted by atomic mass is 10.0. The fraction of sp³-hybridized carbons (Fsp3) is 0.600. The van der Waals surface area contributed by atoms with Crippen molar-refractivity contribution in [2.24, 2.45) is 0 Å². The summed E-state index contributed by atoms with van der Waals surface area (Å²) in [5, 5.41) is 3.10. The molecule has 0 aliphatic rings. The van der Waals surface area contributed by atoms with Gasteiger partial charge in [0.2, 0.25) is 0 Å². The summed E-state index contributed by atoms with van der Waals surface area (Å²) in [6.07, 6.45) is -3.26. The molecule has 1 aromatic carbocycles. The monoisotopic (exact) mass is 307 g/mol. The summed E-state index contributed by atoms with van der Waals surface area (Å²) in [5.41, 5.74) is -0.803. The van der Waals surface area contributed by atoms with Crippen LogP contribution in [0.1, 0.15) is 43.9 Å². The van der Waals surface area contributed by atoms with Crippen LogP contribution in [-0.2, 0) is 10.9 Å². The lowest BCUT2D eigenvalue weighted by Crippen LogP contribution is -2.23. The highest BCUT2D eigenvalue weighted by Crippen LogP contribution is 2.33. The summed E-state index contributed by atoms with van der Waals surface area (Å²) in [5.74, 6) is -1.25. The molecule has 0 spiro atoms. The van der Waals surface area contributed by atoms with Gasteiger partial charge in [-0.2, -0.15) is 13.2 Å². The van der Waals surface area contributed by atoms with Gasteiger partial charge < -0.3 is 10.1 Å². The largest absolute Gasteiger partial charge is 0.419 e. The molecule has 0 heterocycles. The number of ether oxygens (including phenoxy) is 1. The van der Waals surface area contributed by atoms with Crippen molar-refractivity contribution < 1.29 is 22.3 Å². The van der Waals surface area contributed by atoms with Crippen molar-refractivity contribution in [2.45, 2.75) is 38.9 Å². The minimum atomic E-state index is -4.68. The molecule has 0 fully saturated rings. The van der Waals surface area contributed by atoms with Crippen LogP contribution in [0.5, 0.6) is 0 Å². The highest BCUT2D eigenvalue weighted by molar-refractivity contribution is 5.29. The average molecular weight is 307 g/mol. The Morgan fingerprint density at radius 3 is 2.48 bits per heavy atom. The predicted molar refractivity (Wildman–Crippen MR) is 73.5 cm³/mol. The molecule has 0 saturated carbocycles. The zero-order valence-electron chi connectivity index (χ0n) is 12.3. The molecular weight excluding hydrogens is 286 g/mol. The van der Waals surface area contributed by atoms with E-state index in [0.29, 0.717) is 31.7 Å².